The summed E-state index contributed by atoms with van der Waals surface area (Å²) in [6.07, 6.45) is 1.76. The van der Waals surface area contributed by atoms with Gasteiger partial charge in [0.2, 0.25) is 11.8 Å². The lowest BCUT2D eigenvalue weighted by molar-refractivity contribution is -0.145. The molecule has 9 heteroatoms. The van der Waals surface area contributed by atoms with Crippen LogP contribution < -0.4 is 21.7 Å². The van der Waals surface area contributed by atoms with E-state index < -0.39 is 11.8 Å². The van der Waals surface area contributed by atoms with Crippen molar-refractivity contribution in [2.45, 2.75) is 25.2 Å². The van der Waals surface area contributed by atoms with Crippen molar-refractivity contribution in [1.29, 1.82) is 0 Å². The number of nitrogens with zero attached hydrogens (tertiary/aromatic N) is 1. The molecule has 0 saturated carbocycles. The van der Waals surface area contributed by atoms with Gasteiger partial charge in [-0.2, -0.15) is 0 Å². The smallest absolute Gasteiger partial charge is 0.313 e. The first-order valence-electron chi connectivity index (χ1n) is 9.92. The molecule has 0 spiro atoms. The molecule has 2 aliphatic rings. The van der Waals surface area contributed by atoms with E-state index in [0.29, 0.717) is 51.1 Å². The first-order chi connectivity index (χ1) is 14.0. The molecule has 156 valence electrons. The van der Waals surface area contributed by atoms with Crippen molar-refractivity contribution in [2.75, 3.05) is 38.0 Å². The highest BCUT2D eigenvalue weighted by molar-refractivity contribution is 6.39. The highest BCUT2D eigenvalue weighted by Crippen LogP contribution is 2.25. The predicted octanol–water partition coefficient (Wildman–Crippen LogP) is -0.458. The van der Waals surface area contributed by atoms with Crippen molar-refractivity contribution in [3.05, 3.63) is 29.8 Å². The molecule has 3 rings (SSSR count). The zero-order valence-electron chi connectivity index (χ0n) is 16.3. The number of piperidine rings is 1. The summed E-state index contributed by atoms with van der Waals surface area (Å²) in [6.45, 7) is 1.98. The summed E-state index contributed by atoms with van der Waals surface area (Å²) in [7, 11) is 0. The molecule has 4 amide bonds. The summed E-state index contributed by atoms with van der Waals surface area (Å²) in [4.78, 5) is 50.0. The first-order valence-corrected chi connectivity index (χ1v) is 9.92. The molecule has 0 radical (unpaired) electrons. The molecule has 2 atom stereocenters. The topological polar surface area (TPSA) is 134 Å². The van der Waals surface area contributed by atoms with Gasteiger partial charge >= 0.3 is 11.8 Å². The number of likely N-dealkylation sites (tertiary alicyclic amines) is 1. The largest absolute Gasteiger partial charge is 0.355 e. The number of nitrogens with one attached hydrogen (secondary N) is 3. The van der Waals surface area contributed by atoms with Crippen LogP contribution in [0.5, 0.6) is 0 Å². The lowest BCUT2D eigenvalue weighted by Gasteiger charge is -2.31. The molecule has 2 heterocycles. The van der Waals surface area contributed by atoms with Gasteiger partial charge in [-0.05, 0) is 30.5 Å². The highest BCUT2D eigenvalue weighted by atomic mass is 16.2. The Kier molecular flexibility index (Phi) is 6.82. The van der Waals surface area contributed by atoms with E-state index in [1.165, 1.54) is 4.90 Å². The van der Waals surface area contributed by atoms with Crippen LogP contribution in [-0.4, -0.2) is 61.3 Å². The van der Waals surface area contributed by atoms with Crippen LogP contribution in [0.25, 0.3) is 0 Å². The molecule has 0 bridgehead atoms. The van der Waals surface area contributed by atoms with Crippen molar-refractivity contribution >= 4 is 29.3 Å². The van der Waals surface area contributed by atoms with Crippen molar-refractivity contribution in [2.24, 2.45) is 11.7 Å². The highest BCUT2D eigenvalue weighted by Gasteiger charge is 2.31. The van der Waals surface area contributed by atoms with Crippen LogP contribution in [0.2, 0.25) is 0 Å². The summed E-state index contributed by atoms with van der Waals surface area (Å²) in [5, 5.41) is 8.16. The number of carbonyl (C=O) groups is 4. The van der Waals surface area contributed by atoms with Crippen molar-refractivity contribution < 1.29 is 19.2 Å². The molecule has 2 aliphatic heterocycles. The molecule has 2 fully saturated rings. The third kappa shape index (κ3) is 5.32. The number of rotatable bonds is 5. The van der Waals surface area contributed by atoms with Crippen LogP contribution in [-0.2, 0) is 19.2 Å². The first kappa shape index (κ1) is 20.8. The Morgan fingerprint density at radius 2 is 2.10 bits per heavy atom. The monoisotopic (exact) mass is 401 g/mol. The van der Waals surface area contributed by atoms with Gasteiger partial charge in [-0.15, -0.1) is 0 Å². The fraction of sp³-hybridized carbons (Fsp3) is 0.500. The Bertz CT molecular complexity index is 797. The van der Waals surface area contributed by atoms with Crippen LogP contribution in [0.15, 0.2) is 24.3 Å². The number of amides is 4. The van der Waals surface area contributed by atoms with Gasteiger partial charge in [-0.25, -0.2) is 0 Å². The van der Waals surface area contributed by atoms with Gasteiger partial charge in [0.25, 0.3) is 0 Å². The van der Waals surface area contributed by atoms with E-state index in [-0.39, 0.29) is 30.2 Å². The number of anilines is 1. The Labute approximate surface area is 169 Å². The van der Waals surface area contributed by atoms with E-state index in [1.807, 2.05) is 6.07 Å². The second-order valence-electron chi connectivity index (χ2n) is 7.45. The van der Waals surface area contributed by atoms with Gasteiger partial charge in [0.1, 0.15) is 0 Å². The summed E-state index contributed by atoms with van der Waals surface area (Å²) < 4.78 is 0. The molecule has 5 N–H and O–H groups in total. The lowest BCUT2D eigenvalue weighted by atomic mass is 9.97. The van der Waals surface area contributed by atoms with Gasteiger partial charge in [-0.1, -0.05) is 12.1 Å². The van der Waals surface area contributed by atoms with Crippen LogP contribution in [0.4, 0.5) is 5.69 Å². The summed E-state index contributed by atoms with van der Waals surface area (Å²) in [6, 6.07) is 7.18. The standard InChI is InChI=1S/C20H27N5O4/c21-6-7-22-18(27)14-4-2-8-25(12-14)20(29)19(28)24-16-5-1-3-13(9-16)15-10-17(26)23-11-15/h1,3,5,9,14-15H,2,4,6-8,10-12,21H2,(H,22,27)(H,23,26)(H,24,28). The average Bonchev–Trinajstić information content (AvgIpc) is 3.18. The zero-order valence-corrected chi connectivity index (χ0v) is 16.3. The molecule has 0 aromatic heterocycles. The summed E-state index contributed by atoms with van der Waals surface area (Å²) in [5.74, 6) is -1.78. The minimum atomic E-state index is -0.731. The third-order valence-corrected chi connectivity index (χ3v) is 5.31. The van der Waals surface area contributed by atoms with E-state index in [4.69, 9.17) is 5.73 Å². The molecule has 2 unspecified atom stereocenters. The van der Waals surface area contributed by atoms with Crippen molar-refractivity contribution in [1.82, 2.24) is 15.5 Å². The summed E-state index contributed by atoms with van der Waals surface area (Å²) in [5.41, 5.74) is 6.84. The minimum absolute atomic E-state index is 0.00905. The second kappa shape index (κ2) is 9.51. The maximum Gasteiger partial charge on any atom is 0.313 e. The molecule has 29 heavy (non-hydrogen) atoms. The predicted molar refractivity (Wildman–Crippen MR) is 107 cm³/mol. The second-order valence-corrected chi connectivity index (χ2v) is 7.45. The van der Waals surface area contributed by atoms with E-state index in [1.54, 1.807) is 18.2 Å². The number of nitrogens with two attached hydrogens (primary N) is 1. The fourth-order valence-corrected chi connectivity index (χ4v) is 3.75. The molecule has 2 saturated heterocycles. The molecule has 1 aromatic carbocycles. The van der Waals surface area contributed by atoms with Crippen LogP contribution >= 0.6 is 0 Å². The van der Waals surface area contributed by atoms with Crippen LogP contribution in [0.3, 0.4) is 0 Å². The van der Waals surface area contributed by atoms with Crippen molar-refractivity contribution in [3.8, 4) is 0 Å². The lowest BCUT2D eigenvalue weighted by Crippen LogP contribution is -2.49. The zero-order chi connectivity index (χ0) is 20.8. The molecule has 0 aliphatic carbocycles. The maximum atomic E-state index is 12.6. The van der Waals surface area contributed by atoms with Gasteiger partial charge in [0.05, 0.1) is 5.92 Å². The molecular weight excluding hydrogens is 374 g/mol. The Morgan fingerprint density at radius 3 is 2.83 bits per heavy atom. The number of benzene rings is 1. The fourth-order valence-electron chi connectivity index (χ4n) is 3.75. The Morgan fingerprint density at radius 1 is 1.28 bits per heavy atom. The van der Waals surface area contributed by atoms with E-state index in [9.17, 15) is 19.2 Å². The van der Waals surface area contributed by atoms with Gasteiger partial charge in [0.15, 0.2) is 0 Å². The number of hydrogen-bond donors (Lipinski definition) is 4. The Hall–Kier alpha value is -2.94. The normalized spacial score (nSPS) is 21.4. The van der Waals surface area contributed by atoms with Crippen LogP contribution in [0.1, 0.15) is 30.7 Å². The van der Waals surface area contributed by atoms with Gasteiger partial charge < -0.3 is 26.6 Å². The number of carbonyl (C=O) groups excluding carboxylic acids is 4. The Balaban J connectivity index is 1.58. The van der Waals surface area contributed by atoms with Gasteiger partial charge in [-0.3, -0.25) is 19.2 Å². The average molecular weight is 401 g/mol. The molecule has 9 nitrogen and oxygen atoms in total. The van der Waals surface area contributed by atoms with E-state index >= 15 is 0 Å². The SMILES string of the molecule is NCCNC(=O)C1CCCN(C(=O)C(=O)Nc2cccc(C3CNC(=O)C3)c2)C1. The van der Waals surface area contributed by atoms with E-state index in [0.717, 1.165) is 5.56 Å². The van der Waals surface area contributed by atoms with Crippen LogP contribution in [0, 0.1) is 5.92 Å². The number of hydrogen-bond acceptors (Lipinski definition) is 5. The minimum Gasteiger partial charge on any atom is -0.355 e. The van der Waals surface area contributed by atoms with E-state index in [2.05, 4.69) is 16.0 Å². The van der Waals surface area contributed by atoms with Crippen molar-refractivity contribution in [3.63, 3.8) is 0 Å². The van der Waals surface area contributed by atoms with Gasteiger partial charge in [0, 0.05) is 50.7 Å². The quantitative estimate of drug-likeness (QED) is 0.496. The summed E-state index contributed by atoms with van der Waals surface area (Å²) >= 11 is 0. The third-order valence-electron chi connectivity index (χ3n) is 5.31. The molecular formula is C20H27N5O4. The maximum absolute atomic E-state index is 12.6. The molecule has 1 aromatic rings.